The fourth-order valence-corrected chi connectivity index (χ4v) is 4.25. The van der Waals surface area contributed by atoms with Gasteiger partial charge < -0.3 is 14.2 Å². The number of aromatic nitrogens is 1. The highest BCUT2D eigenvalue weighted by Gasteiger charge is 2.16. The topological polar surface area (TPSA) is 97.3 Å². The molecule has 0 unspecified atom stereocenters. The second-order valence-electron chi connectivity index (χ2n) is 6.45. The van der Waals surface area contributed by atoms with Crippen molar-refractivity contribution in [1.82, 2.24) is 4.57 Å². The van der Waals surface area contributed by atoms with Crippen LogP contribution < -0.4 is 29.0 Å². The van der Waals surface area contributed by atoms with Crippen molar-refractivity contribution in [2.75, 3.05) is 19.8 Å². The lowest BCUT2D eigenvalue weighted by Crippen LogP contribution is -2.30. The van der Waals surface area contributed by atoms with Gasteiger partial charge in [-0.1, -0.05) is 18.2 Å². The number of thiazole rings is 1. The Morgan fingerprint density at radius 2 is 1.90 bits per heavy atom. The Balaban J connectivity index is 1.99. The van der Waals surface area contributed by atoms with E-state index in [1.165, 1.54) is 4.57 Å². The van der Waals surface area contributed by atoms with Crippen molar-refractivity contribution in [3.8, 4) is 35.1 Å². The average Bonchev–Trinajstić information content (AvgIpc) is 3.11. The molecule has 0 saturated heterocycles. The molecule has 1 aliphatic rings. The molecule has 0 fully saturated rings. The van der Waals surface area contributed by atoms with Crippen molar-refractivity contribution in [3.05, 3.63) is 67.6 Å². The molecule has 154 valence electrons. The van der Waals surface area contributed by atoms with Crippen molar-refractivity contribution in [1.29, 1.82) is 10.5 Å². The Kier molecular flexibility index (Phi) is 5.74. The van der Waals surface area contributed by atoms with Crippen LogP contribution in [0.1, 0.15) is 12.5 Å². The van der Waals surface area contributed by atoms with Crippen LogP contribution in [0.2, 0.25) is 0 Å². The molecule has 0 saturated carbocycles. The van der Waals surface area contributed by atoms with Crippen LogP contribution in [0.3, 0.4) is 0 Å². The number of benzene rings is 2. The highest BCUT2D eigenvalue weighted by Crippen LogP contribution is 2.31. The van der Waals surface area contributed by atoms with Gasteiger partial charge in [0.15, 0.2) is 17.1 Å². The molecule has 0 amide bonds. The summed E-state index contributed by atoms with van der Waals surface area (Å²) >= 11 is 1.08. The first kappa shape index (κ1) is 20.3. The van der Waals surface area contributed by atoms with Crippen molar-refractivity contribution in [2.45, 2.75) is 6.92 Å². The first-order chi connectivity index (χ1) is 15.2. The molecular weight excluding hydrogens is 414 g/mol. The average molecular weight is 431 g/mol. The highest BCUT2D eigenvalue weighted by molar-refractivity contribution is 7.07. The third kappa shape index (κ3) is 3.89. The third-order valence-electron chi connectivity index (χ3n) is 4.55. The highest BCUT2D eigenvalue weighted by atomic mass is 32.1. The van der Waals surface area contributed by atoms with Gasteiger partial charge in [-0.3, -0.25) is 9.36 Å². The van der Waals surface area contributed by atoms with Gasteiger partial charge in [0.1, 0.15) is 35.8 Å². The molecule has 0 N–H and O–H groups in total. The third-order valence-corrected chi connectivity index (χ3v) is 5.64. The molecular formula is C23H17N3O4S. The molecule has 4 rings (SSSR count). The second-order valence-corrected chi connectivity index (χ2v) is 7.48. The van der Waals surface area contributed by atoms with E-state index in [0.717, 1.165) is 16.9 Å². The fourth-order valence-electron chi connectivity index (χ4n) is 3.20. The summed E-state index contributed by atoms with van der Waals surface area (Å²) in [6.07, 6.45) is 1.71. The van der Waals surface area contributed by atoms with E-state index in [-0.39, 0.29) is 15.8 Å². The molecule has 0 bridgehead atoms. The van der Waals surface area contributed by atoms with Crippen molar-refractivity contribution in [2.24, 2.45) is 0 Å². The molecule has 3 aromatic rings. The molecule has 31 heavy (non-hydrogen) atoms. The quantitative estimate of drug-likeness (QED) is 0.628. The minimum absolute atomic E-state index is 0.144. The van der Waals surface area contributed by atoms with E-state index in [9.17, 15) is 15.3 Å². The number of para-hydroxylation sites is 1. The molecule has 0 atom stereocenters. The van der Waals surface area contributed by atoms with E-state index in [2.05, 4.69) is 0 Å². The van der Waals surface area contributed by atoms with Gasteiger partial charge in [0, 0.05) is 11.6 Å². The number of fused-ring (bicyclic) bond motifs is 1. The Hall–Kier alpha value is -4.01. The van der Waals surface area contributed by atoms with Crippen LogP contribution in [0.25, 0.3) is 17.3 Å². The number of nitriles is 2. The monoisotopic (exact) mass is 431 g/mol. The van der Waals surface area contributed by atoms with Crippen LogP contribution in [0.5, 0.6) is 17.2 Å². The lowest BCUT2D eigenvalue weighted by Gasteiger charge is -2.18. The smallest absolute Gasteiger partial charge is 0.273 e. The largest absolute Gasteiger partial charge is 0.493 e. The number of rotatable bonds is 4. The van der Waals surface area contributed by atoms with E-state index in [0.29, 0.717) is 47.3 Å². The Morgan fingerprint density at radius 3 is 2.65 bits per heavy atom. The molecule has 2 heterocycles. The summed E-state index contributed by atoms with van der Waals surface area (Å²) in [5.41, 5.74) is 0.737. The van der Waals surface area contributed by atoms with Crippen LogP contribution in [-0.2, 0) is 0 Å². The first-order valence-electron chi connectivity index (χ1n) is 9.56. The maximum absolute atomic E-state index is 13.4. The molecule has 8 heteroatoms. The van der Waals surface area contributed by atoms with E-state index in [1.807, 2.05) is 43.3 Å². The SMILES string of the molecule is CCOc1ccccc1C=c1sc(=C(C#N)C#N)n(-c2ccc3c(c2)OCCO3)c1=O. The van der Waals surface area contributed by atoms with Gasteiger partial charge in [-0.05, 0) is 31.2 Å². The molecule has 1 aliphatic heterocycles. The van der Waals surface area contributed by atoms with Gasteiger partial charge in [-0.25, -0.2) is 0 Å². The predicted molar refractivity (Wildman–Crippen MR) is 116 cm³/mol. The summed E-state index contributed by atoms with van der Waals surface area (Å²) < 4.78 is 18.8. The summed E-state index contributed by atoms with van der Waals surface area (Å²) in [6, 6.07) is 16.2. The summed E-state index contributed by atoms with van der Waals surface area (Å²) in [5.74, 6) is 1.74. The van der Waals surface area contributed by atoms with Gasteiger partial charge in [-0.15, -0.1) is 11.3 Å². The lowest BCUT2D eigenvalue weighted by atomic mass is 10.2. The Morgan fingerprint density at radius 1 is 1.16 bits per heavy atom. The number of hydrogen-bond acceptors (Lipinski definition) is 7. The molecule has 2 aromatic carbocycles. The zero-order valence-electron chi connectivity index (χ0n) is 16.6. The van der Waals surface area contributed by atoms with Gasteiger partial charge in [0.25, 0.3) is 5.56 Å². The molecule has 0 aliphatic carbocycles. The fraction of sp³-hybridized carbons (Fsp3) is 0.174. The van der Waals surface area contributed by atoms with Gasteiger partial charge >= 0.3 is 0 Å². The van der Waals surface area contributed by atoms with Crippen LogP contribution in [0, 0.1) is 22.7 Å². The van der Waals surface area contributed by atoms with Crippen molar-refractivity contribution < 1.29 is 14.2 Å². The minimum atomic E-state index is -0.342. The van der Waals surface area contributed by atoms with E-state index < -0.39 is 0 Å². The minimum Gasteiger partial charge on any atom is -0.493 e. The standard InChI is InChI=1S/C23H17N3O4S/c1-2-28-18-6-4-3-5-15(18)11-21-22(27)26(23(31-21)16(13-24)14-25)17-7-8-19-20(12-17)30-10-9-29-19/h3-8,11-12H,2,9-10H2,1H3. The van der Waals surface area contributed by atoms with Gasteiger partial charge in [0.05, 0.1) is 16.8 Å². The van der Waals surface area contributed by atoms with Crippen molar-refractivity contribution in [3.63, 3.8) is 0 Å². The maximum atomic E-state index is 13.4. The normalized spacial score (nSPS) is 12.7. The molecule has 1 aromatic heterocycles. The van der Waals surface area contributed by atoms with Crippen molar-refractivity contribution >= 4 is 23.0 Å². The number of nitrogens with zero attached hydrogens (tertiary/aromatic N) is 3. The van der Waals surface area contributed by atoms with Gasteiger partial charge in [0.2, 0.25) is 0 Å². The molecule has 0 radical (unpaired) electrons. The van der Waals surface area contributed by atoms with Crippen LogP contribution >= 0.6 is 11.3 Å². The van der Waals surface area contributed by atoms with E-state index in [1.54, 1.807) is 24.3 Å². The Labute approximate surface area is 181 Å². The summed E-state index contributed by atoms with van der Waals surface area (Å²) in [5, 5.41) is 18.9. The van der Waals surface area contributed by atoms with Crippen LogP contribution in [-0.4, -0.2) is 24.4 Å². The lowest BCUT2D eigenvalue weighted by molar-refractivity contribution is 0.171. The summed E-state index contributed by atoms with van der Waals surface area (Å²) in [7, 11) is 0. The Bertz CT molecular complexity index is 1390. The summed E-state index contributed by atoms with van der Waals surface area (Å²) in [4.78, 5) is 13.4. The zero-order valence-corrected chi connectivity index (χ0v) is 17.4. The predicted octanol–water partition coefficient (Wildman–Crippen LogP) is 2.10. The van der Waals surface area contributed by atoms with E-state index >= 15 is 0 Å². The molecule has 0 spiro atoms. The van der Waals surface area contributed by atoms with Gasteiger partial charge in [-0.2, -0.15) is 10.5 Å². The second kappa shape index (κ2) is 8.78. The van der Waals surface area contributed by atoms with E-state index in [4.69, 9.17) is 14.2 Å². The number of hydrogen-bond donors (Lipinski definition) is 0. The zero-order chi connectivity index (χ0) is 21.8. The van der Waals surface area contributed by atoms with Crippen LogP contribution in [0.15, 0.2) is 47.3 Å². The van der Waals surface area contributed by atoms with Crippen LogP contribution in [0.4, 0.5) is 0 Å². The number of ether oxygens (including phenoxy) is 3. The maximum Gasteiger partial charge on any atom is 0.273 e. The molecule has 7 nitrogen and oxygen atoms in total. The summed E-state index contributed by atoms with van der Waals surface area (Å²) in [6.45, 7) is 3.23. The first-order valence-corrected chi connectivity index (χ1v) is 10.4.